The first-order chi connectivity index (χ1) is 12.2. The van der Waals surface area contributed by atoms with E-state index < -0.39 is 28.2 Å². The Morgan fingerprint density at radius 2 is 1.81 bits per heavy atom. The summed E-state index contributed by atoms with van der Waals surface area (Å²) in [5, 5.41) is 0.0301. The third-order valence-corrected chi connectivity index (χ3v) is 5.63. The van der Waals surface area contributed by atoms with Crippen molar-refractivity contribution in [2.75, 3.05) is 14.1 Å². The van der Waals surface area contributed by atoms with Gasteiger partial charge in [0.25, 0.3) is 10.2 Å². The number of alkyl halides is 3. The summed E-state index contributed by atoms with van der Waals surface area (Å²) in [7, 11) is -2.12. The minimum atomic E-state index is -4.90. The zero-order valence-corrected chi connectivity index (χ0v) is 16.5. The average molecular weight is 409 g/mol. The van der Waals surface area contributed by atoms with Crippen LogP contribution in [0.25, 0.3) is 10.9 Å². The number of fused-ring (bicyclic) bond motifs is 1. The molecule has 2 aromatic rings. The molecule has 10 heteroatoms. The van der Waals surface area contributed by atoms with E-state index in [-0.39, 0.29) is 16.9 Å². The molecule has 0 radical (unpaired) electrons. The summed E-state index contributed by atoms with van der Waals surface area (Å²) >= 11 is 0. The highest BCUT2D eigenvalue weighted by molar-refractivity contribution is 7.87. The molecule has 0 aliphatic heterocycles. The molecule has 152 valence electrons. The Bertz CT molecular complexity index is 934. The van der Waals surface area contributed by atoms with Crippen molar-refractivity contribution in [1.82, 2.24) is 13.6 Å². The highest BCUT2D eigenvalue weighted by Gasteiger charge is 2.45. The second kappa shape index (κ2) is 7.40. The molecule has 1 N–H and O–H groups in total. The topological polar surface area (TPSA) is 54.3 Å². The summed E-state index contributed by atoms with van der Waals surface area (Å²) in [5.41, 5.74) is 0.396. The van der Waals surface area contributed by atoms with Gasteiger partial charge in [0.15, 0.2) is 0 Å². The summed E-state index contributed by atoms with van der Waals surface area (Å²) in [4.78, 5) is 0. The number of hydrogen-bond donors (Lipinski definition) is 1. The van der Waals surface area contributed by atoms with Crippen LogP contribution in [0, 0.1) is 18.7 Å². The maximum absolute atomic E-state index is 14.1. The lowest BCUT2D eigenvalue weighted by molar-refractivity contribution is -0.152. The van der Waals surface area contributed by atoms with Crippen molar-refractivity contribution in [3.63, 3.8) is 0 Å². The van der Waals surface area contributed by atoms with Gasteiger partial charge in [-0.05, 0) is 30.5 Å². The molecule has 0 fully saturated rings. The van der Waals surface area contributed by atoms with Gasteiger partial charge < -0.3 is 4.57 Å². The monoisotopic (exact) mass is 409 g/mol. The van der Waals surface area contributed by atoms with E-state index in [2.05, 4.69) is 0 Å². The maximum atomic E-state index is 14.1. The molecule has 0 amide bonds. The SMILES string of the molecule is Cc1cc2c(cc1F)c([C@H](NS(=O)(=O)N(C)C)C(F)(F)F)cn2CC(C)C. The van der Waals surface area contributed by atoms with Crippen LogP contribution in [0.2, 0.25) is 0 Å². The summed E-state index contributed by atoms with van der Waals surface area (Å²) in [6.45, 7) is 5.74. The van der Waals surface area contributed by atoms with E-state index in [1.165, 1.54) is 19.2 Å². The molecule has 0 spiro atoms. The molecule has 0 unspecified atom stereocenters. The molecule has 0 bridgehead atoms. The van der Waals surface area contributed by atoms with Gasteiger partial charge >= 0.3 is 6.18 Å². The van der Waals surface area contributed by atoms with E-state index >= 15 is 0 Å². The van der Waals surface area contributed by atoms with Gasteiger partial charge in [0, 0.05) is 43.3 Å². The predicted molar refractivity (Wildman–Crippen MR) is 96.0 cm³/mol. The number of nitrogens with zero attached hydrogens (tertiary/aromatic N) is 2. The minimum Gasteiger partial charge on any atom is -0.347 e. The Hall–Kier alpha value is -1.65. The van der Waals surface area contributed by atoms with Gasteiger partial charge in [0.05, 0.1) is 0 Å². The number of hydrogen-bond acceptors (Lipinski definition) is 2. The Morgan fingerprint density at radius 3 is 2.30 bits per heavy atom. The first-order valence-electron chi connectivity index (χ1n) is 8.29. The van der Waals surface area contributed by atoms with Gasteiger partial charge in [-0.25, -0.2) is 4.39 Å². The van der Waals surface area contributed by atoms with Crippen LogP contribution in [0.5, 0.6) is 0 Å². The van der Waals surface area contributed by atoms with E-state index in [1.54, 1.807) is 9.29 Å². The average Bonchev–Trinajstić information content (AvgIpc) is 2.81. The molecule has 5 nitrogen and oxygen atoms in total. The van der Waals surface area contributed by atoms with Gasteiger partial charge in [-0.1, -0.05) is 13.8 Å². The summed E-state index contributed by atoms with van der Waals surface area (Å²) in [6, 6.07) is 0.00662. The lowest BCUT2D eigenvalue weighted by atomic mass is 10.0. The number of benzene rings is 1. The molecule has 1 aromatic heterocycles. The number of rotatable bonds is 6. The Kier molecular flexibility index (Phi) is 5.93. The van der Waals surface area contributed by atoms with E-state index in [0.29, 0.717) is 21.9 Å². The second-order valence-electron chi connectivity index (χ2n) is 7.13. The highest BCUT2D eigenvalue weighted by Crippen LogP contribution is 2.38. The first kappa shape index (κ1) is 21.6. The maximum Gasteiger partial charge on any atom is 0.409 e. The largest absolute Gasteiger partial charge is 0.409 e. The molecule has 0 saturated heterocycles. The fourth-order valence-electron chi connectivity index (χ4n) is 2.78. The predicted octanol–water partition coefficient (Wildman–Crippen LogP) is 3.74. The third kappa shape index (κ3) is 4.61. The van der Waals surface area contributed by atoms with Crippen LogP contribution >= 0.6 is 0 Å². The second-order valence-corrected chi connectivity index (χ2v) is 9.05. The molecular weight excluding hydrogens is 386 g/mol. The van der Waals surface area contributed by atoms with E-state index in [1.807, 2.05) is 13.8 Å². The molecule has 2 rings (SSSR count). The van der Waals surface area contributed by atoms with Gasteiger partial charge in [-0.3, -0.25) is 0 Å². The molecule has 27 heavy (non-hydrogen) atoms. The van der Waals surface area contributed by atoms with Crippen LogP contribution in [0.3, 0.4) is 0 Å². The Morgan fingerprint density at radius 1 is 1.22 bits per heavy atom. The fraction of sp³-hybridized carbons (Fsp3) is 0.529. The highest BCUT2D eigenvalue weighted by atomic mass is 32.2. The normalized spacial score (nSPS) is 14.5. The zero-order chi connectivity index (χ0) is 20.7. The van der Waals surface area contributed by atoms with Crippen LogP contribution in [0.15, 0.2) is 18.3 Å². The lowest BCUT2D eigenvalue weighted by Gasteiger charge is -2.23. The van der Waals surface area contributed by atoms with Crippen molar-refractivity contribution in [3.05, 3.63) is 35.3 Å². The van der Waals surface area contributed by atoms with E-state index in [9.17, 15) is 26.0 Å². The van der Waals surface area contributed by atoms with E-state index in [0.717, 1.165) is 20.2 Å². The number of halogens is 4. The van der Waals surface area contributed by atoms with Crippen LogP contribution in [0.4, 0.5) is 17.6 Å². The number of nitrogens with one attached hydrogen (secondary N) is 1. The van der Waals surface area contributed by atoms with Crippen molar-refractivity contribution in [3.8, 4) is 0 Å². The van der Waals surface area contributed by atoms with Crippen LogP contribution in [-0.2, 0) is 16.8 Å². The number of aromatic nitrogens is 1. The van der Waals surface area contributed by atoms with E-state index in [4.69, 9.17) is 0 Å². The van der Waals surface area contributed by atoms with Crippen molar-refractivity contribution in [1.29, 1.82) is 0 Å². The van der Waals surface area contributed by atoms with Gasteiger partial charge in [-0.2, -0.15) is 30.6 Å². The number of aryl methyl sites for hydroxylation is 1. The summed E-state index contributed by atoms with van der Waals surface area (Å²) in [5.74, 6) is -0.524. The first-order valence-corrected chi connectivity index (χ1v) is 9.73. The van der Waals surface area contributed by atoms with Crippen LogP contribution in [-0.4, -0.2) is 37.6 Å². The molecule has 1 aromatic carbocycles. The molecule has 1 heterocycles. The molecular formula is C17H23F4N3O2S. The fourth-order valence-corrected chi connectivity index (χ4v) is 3.55. The Balaban J connectivity index is 2.73. The van der Waals surface area contributed by atoms with Gasteiger partial charge in [0.1, 0.15) is 11.9 Å². The molecule has 0 aliphatic rings. The van der Waals surface area contributed by atoms with Crippen molar-refractivity contribution >= 4 is 21.1 Å². The van der Waals surface area contributed by atoms with Gasteiger partial charge in [-0.15, -0.1) is 0 Å². The van der Waals surface area contributed by atoms with Crippen molar-refractivity contribution < 1.29 is 26.0 Å². The van der Waals surface area contributed by atoms with Gasteiger partial charge in [0.2, 0.25) is 0 Å². The third-order valence-electron chi connectivity index (χ3n) is 4.14. The van der Waals surface area contributed by atoms with Crippen molar-refractivity contribution in [2.45, 2.75) is 39.5 Å². The molecule has 1 atom stereocenters. The summed E-state index contributed by atoms with van der Waals surface area (Å²) < 4.78 is 83.3. The van der Waals surface area contributed by atoms with Crippen LogP contribution in [0.1, 0.15) is 31.0 Å². The van der Waals surface area contributed by atoms with Crippen molar-refractivity contribution in [2.24, 2.45) is 5.92 Å². The smallest absolute Gasteiger partial charge is 0.347 e. The molecule has 0 aliphatic carbocycles. The lowest BCUT2D eigenvalue weighted by Crippen LogP contribution is -2.43. The Labute approximate surface area is 156 Å². The standard InChI is InChI=1S/C17H23F4N3O2S/c1-10(2)8-24-9-13(12-7-14(18)11(3)6-15(12)24)16(17(19,20)21)22-27(25,26)23(4)5/h6-7,9-10,16,22H,8H2,1-5H3/t16-/m0/s1. The summed E-state index contributed by atoms with van der Waals surface area (Å²) in [6.07, 6.45) is -3.65. The minimum absolute atomic E-state index is 0.0301. The molecule has 0 saturated carbocycles. The van der Waals surface area contributed by atoms with Crippen LogP contribution < -0.4 is 4.72 Å². The quantitative estimate of drug-likeness (QED) is 0.739. The zero-order valence-electron chi connectivity index (χ0n) is 15.7.